The van der Waals surface area contributed by atoms with Gasteiger partial charge in [0.15, 0.2) is 16.6 Å². The van der Waals surface area contributed by atoms with Gasteiger partial charge in [0.2, 0.25) is 0 Å². The van der Waals surface area contributed by atoms with E-state index < -0.39 is 0 Å². The Morgan fingerprint density at radius 3 is 2.76 bits per heavy atom. The Kier molecular flexibility index (Phi) is 3.21. The summed E-state index contributed by atoms with van der Waals surface area (Å²) in [6.07, 6.45) is 1.40. The number of hydrogen-bond acceptors (Lipinski definition) is 5. The van der Waals surface area contributed by atoms with Crippen LogP contribution in [0.1, 0.15) is 34.1 Å². The van der Waals surface area contributed by atoms with Crippen molar-refractivity contribution in [1.29, 1.82) is 0 Å². The van der Waals surface area contributed by atoms with Crippen LogP contribution >= 0.6 is 11.5 Å². The Hall–Kier alpha value is -0.970. The summed E-state index contributed by atoms with van der Waals surface area (Å²) in [6.45, 7) is 9.55. The zero-order valence-corrected chi connectivity index (χ0v) is 11.7. The average molecular weight is 255 g/mol. The molecule has 0 bridgehead atoms. The van der Waals surface area contributed by atoms with Gasteiger partial charge in [0.05, 0.1) is 6.10 Å². The van der Waals surface area contributed by atoms with Crippen LogP contribution in [-0.4, -0.2) is 17.0 Å². The van der Waals surface area contributed by atoms with Crippen LogP contribution in [0.3, 0.4) is 0 Å². The van der Waals surface area contributed by atoms with Crippen LogP contribution in [0, 0.1) is 11.3 Å². The monoisotopic (exact) mass is 255 g/mol. The van der Waals surface area contributed by atoms with Crippen molar-refractivity contribution >= 4 is 22.4 Å². The van der Waals surface area contributed by atoms with E-state index in [1.807, 2.05) is 13.8 Å². The van der Waals surface area contributed by atoms with Gasteiger partial charge in [-0.3, -0.25) is 0 Å². The molecule has 5 heteroatoms. The quantitative estimate of drug-likeness (QED) is 0.849. The van der Waals surface area contributed by atoms with E-state index in [-0.39, 0.29) is 6.10 Å². The van der Waals surface area contributed by atoms with E-state index in [0.717, 1.165) is 17.5 Å². The molecule has 1 saturated carbocycles. The topological polar surface area (TPSA) is 60.2 Å². The summed E-state index contributed by atoms with van der Waals surface area (Å²) in [7, 11) is 0. The normalized spacial score (nSPS) is 21.6. The molecule has 1 atom stereocenters. The average Bonchev–Trinajstić information content (AvgIpc) is 2.69. The van der Waals surface area contributed by atoms with E-state index in [1.54, 1.807) is 0 Å². The van der Waals surface area contributed by atoms with Crippen LogP contribution in [0.4, 0.5) is 10.8 Å². The second-order valence-corrected chi connectivity index (χ2v) is 6.44. The highest BCUT2D eigenvalue weighted by Gasteiger charge is 2.45. The maximum Gasteiger partial charge on any atom is 0.197 e. The molecule has 1 aromatic heterocycles. The highest BCUT2D eigenvalue weighted by Crippen LogP contribution is 2.51. The predicted octanol–water partition coefficient (Wildman–Crippen LogP) is 2.97. The maximum atomic E-state index is 5.80. The van der Waals surface area contributed by atoms with E-state index in [0.29, 0.717) is 17.0 Å². The van der Waals surface area contributed by atoms with Gasteiger partial charge in [-0.25, -0.2) is 0 Å². The molecule has 0 aliphatic heterocycles. The fourth-order valence-corrected chi connectivity index (χ4v) is 2.55. The number of nitrogen functional groups attached to an aromatic ring is 1. The Morgan fingerprint density at radius 2 is 2.24 bits per heavy atom. The minimum Gasteiger partial charge on any atom is -0.484 e. The molecule has 1 aliphatic rings. The van der Waals surface area contributed by atoms with Crippen molar-refractivity contribution < 1.29 is 4.74 Å². The summed E-state index contributed by atoms with van der Waals surface area (Å²) in [4.78, 5) is 0. The van der Waals surface area contributed by atoms with Crippen molar-refractivity contribution in [2.75, 3.05) is 17.6 Å². The van der Waals surface area contributed by atoms with Gasteiger partial charge in [0, 0.05) is 6.54 Å². The smallest absolute Gasteiger partial charge is 0.197 e. The van der Waals surface area contributed by atoms with Gasteiger partial charge in [0.25, 0.3) is 0 Å². The molecule has 17 heavy (non-hydrogen) atoms. The van der Waals surface area contributed by atoms with Crippen LogP contribution < -0.4 is 15.8 Å². The van der Waals surface area contributed by atoms with E-state index in [1.165, 1.54) is 18.0 Å². The summed E-state index contributed by atoms with van der Waals surface area (Å²) >= 11 is 1.38. The van der Waals surface area contributed by atoms with Crippen molar-refractivity contribution in [2.24, 2.45) is 11.3 Å². The van der Waals surface area contributed by atoms with E-state index >= 15 is 0 Å². The molecule has 1 aromatic rings. The highest BCUT2D eigenvalue weighted by molar-refractivity contribution is 7.11. The number of anilines is 2. The third kappa shape index (κ3) is 2.83. The number of nitrogens with zero attached hydrogens (tertiary/aromatic N) is 1. The van der Waals surface area contributed by atoms with Crippen molar-refractivity contribution in [3.05, 3.63) is 0 Å². The van der Waals surface area contributed by atoms with Crippen LogP contribution in [0.25, 0.3) is 0 Å². The van der Waals surface area contributed by atoms with Gasteiger partial charge in [-0.1, -0.05) is 13.8 Å². The molecule has 1 unspecified atom stereocenters. The van der Waals surface area contributed by atoms with Crippen LogP contribution in [0.15, 0.2) is 0 Å². The Balaban J connectivity index is 1.96. The number of hydrogen-bond donors (Lipinski definition) is 2. The van der Waals surface area contributed by atoms with E-state index in [4.69, 9.17) is 10.5 Å². The van der Waals surface area contributed by atoms with Crippen LogP contribution in [0.2, 0.25) is 0 Å². The van der Waals surface area contributed by atoms with Crippen molar-refractivity contribution in [3.63, 3.8) is 0 Å². The van der Waals surface area contributed by atoms with Crippen molar-refractivity contribution in [2.45, 2.75) is 40.2 Å². The molecule has 0 radical (unpaired) electrons. The zero-order valence-electron chi connectivity index (χ0n) is 10.9. The first-order chi connectivity index (χ1) is 7.90. The third-order valence-electron chi connectivity index (χ3n) is 3.25. The molecule has 3 N–H and O–H groups in total. The summed E-state index contributed by atoms with van der Waals surface area (Å²) < 4.78 is 9.82. The van der Waals surface area contributed by atoms with Gasteiger partial charge < -0.3 is 15.8 Å². The Bertz CT molecular complexity index is 400. The predicted molar refractivity (Wildman–Crippen MR) is 72.7 cm³/mol. The van der Waals surface area contributed by atoms with Gasteiger partial charge in [-0.05, 0) is 43.1 Å². The standard InChI is InChI=1S/C12H21N3OS/c1-7(2)16-9-10(13)15-17-11(9)14-6-8-5-12(8,3)4/h7-8,14H,5-6H2,1-4H3,(H2,13,15). The second kappa shape index (κ2) is 4.37. The molecule has 0 saturated heterocycles. The fraction of sp³-hybridized carbons (Fsp3) is 0.750. The SMILES string of the molecule is CC(C)Oc1c(N)nsc1NCC1CC1(C)C. The number of nitrogens with one attached hydrogen (secondary N) is 1. The maximum absolute atomic E-state index is 5.80. The minimum atomic E-state index is 0.117. The minimum absolute atomic E-state index is 0.117. The summed E-state index contributed by atoms with van der Waals surface area (Å²) in [5.74, 6) is 1.95. The lowest BCUT2D eigenvalue weighted by Crippen LogP contribution is -2.10. The fourth-order valence-electron chi connectivity index (χ4n) is 1.90. The zero-order chi connectivity index (χ0) is 12.6. The Labute approximate surface area is 107 Å². The number of rotatable bonds is 5. The summed E-state index contributed by atoms with van der Waals surface area (Å²) in [5, 5.41) is 4.37. The molecule has 96 valence electrons. The summed E-state index contributed by atoms with van der Waals surface area (Å²) in [6, 6.07) is 0. The lowest BCUT2D eigenvalue weighted by molar-refractivity contribution is 0.245. The lowest BCUT2D eigenvalue weighted by Gasteiger charge is -2.12. The van der Waals surface area contributed by atoms with Gasteiger partial charge in [-0.15, -0.1) is 0 Å². The molecule has 1 fully saturated rings. The van der Waals surface area contributed by atoms with E-state index in [9.17, 15) is 0 Å². The summed E-state index contributed by atoms with van der Waals surface area (Å²) in [5.41, 5.74) is 6.29. The van der Waals surface area contributed by atoms with Crippen molar-refractivity contribution in [1.82, 2.24) is 4.37 Å². The first-order valence-corrected chi connectivity index (χ1v) is 6.83. The van der Waals surface area contributed by atoms with Gasteiger partial charge in [0.1, 0.15) is 0 Å². The van der Waals surface area contributed by atoms with Crippen LogP contribution in [-0.2, 0) is 0 Å². The molecule has 0 spiro atoms. The molecule has 0 amide bonds. The second-order valence-electron chi connectivity index (χ2n) is 5.66. The molecule has 0 aromatic carbocycles. The van der Waals surface area contributed by atoms with Gasteiger partial charge in [-0.2, -0.15) is 4.37 Å². The van der Waals surface area contributed by atoms with E-state index in [2.05, 4.69) is 23.5 Å². The molecular weight excluding hydrogens is 234 g/mol. The number of ether oxygens (including phenoxy) is 1. The first-order valence-electron chi connectivity index (χ1n) is 6.06. The number of nitrogens with two attached hydrogens (primary N) is 1. The van der Waals surface area contributed by atoms with Crippen LogP contribution in [0.5, 0.6) is 5.75 Å². The lowest BCUT2D eigenvalue weighted by atomic mass is 10.1. The largest absolute Gasteiger partial charge is 0.484 e. The Morgan fingerprint density at radius 1 is 1.59 bits per heavy atom. The van der Waals surface area contributed by atoms with Gasteiger partial charge >= 0.3 is 0 Å². The molecule has 4 nitrogen and oxygen atoms in total. The first kappa shape index (κ1) is 12.5. The molecule has 2 rings (SSSR count). The third-order valence-corrected chi connectivity index (χ3v) is 4.05. The molecular formula is C12H21N3OS. The molecule has 1 aliphatic carbocycles. The molecule has 1 heterocycles. The van der Waals surface area contributed by atoms with Crippen molar-refractivity contribution in [3.8, 4) is 5.75 Å². The number of aromatic nitrogens is 1. The highest BCUT2D eigenvalue weighted by atomic mass is 32.1.